The van der Waals surface area contributed by atoms with E-state index in [0.29, 0.717) is 6.54 Å². The fourth-order valence-corrected chi connectivity index (χ4v) is 4.61. The topological polar surface area (TPSA) is 78.5 Å². The summed E-state index contributed by atoms with van der Waals surface area (Å²) in [5.74, 6) is -0.673. The van der Waals surface area contributed by atoms with Crippen molar-refractivity contribution in [2.24, 2.45) is 0 Å². The van der Waals surface area contributed by atoms with Crippen molar-refractivity contribution in [2.75, 3.05) is 13.1 Å². The van der Waals surface area contributed by atoms with Gasteiger partial charge in [0, 0.05) is 6.54 Å². The van der Waals surface area contributed by atoms with E-state index in [0.717, 1.165) is 49.0 Å². The van der Waals surface area contributed by atoms with E-state index in [2.05, 4.69) is 22.8 Å². The predicted molar refractivity (Wildman–Crippen MR) is 110 cm³/mol. The number of urea groups is 1. The summed E-state index contributed by atoms with van der Waals surface area (Å²) in [6.07, 6.45) is 11.0. The molecule has 0 spiro atoms. The molecule has 0 saturated carbocycles. The van der Waals surface area contributed by atoms with E-state index in [4.69, 9.17) is 0 Å². The number of nitrogens with zero attached hydrogens (tertiary/aromatic N) is 1. The second-order valence-electron chi connectivity index (χ2n) is 8.49. The molecule has 1 aromatic carbocycles. The molecule has 154 valence electrons. The van der Waals surface area contributed by atoms with E-state index < -0.39 is 11.6 Å². The minimum atomic E-state index is -1.12. The highest BCUT2D eigenvalue weighted by molar-refractivity contribution is 6.09. The first-order valence-corrected chi connectivity index (χ1v) is 10.7. The molecule has 1 fully saturated rings. The molecule has 1 heterocycles. The van der Waals surface area contributed by atoms with Gasteiger partial charge in [0.25, 0.3) is 5.91 Å². The van der Waals surface area contributed by atoms with E-state index in [9.17, 15) is 14.4 Å². The second-order valence-corrected chi connectivity index (χ2v) is 8.49. The van der Waals surface area contributed by atoms with Gasteiger partial charge >= 0.3 is 6.03 Å². The molecule has 1 atom stereocenters. The van der Waals surface area contributed by atoms with Crippen LogP contribution in [0, 0.1) is 0 Å². The van der Waals surface area contributed by atoms with Gasteiger partial charge in [0.15, 0.2) is 0 Å². The van der Waals surface area contributed by atoms with Crippen LogP contribution in [-0.4, -0.2) is 35.8 Å². The van der Waals surface area contributed by atoms with Gasteiger partial charge in [-0.25, -0.2) is 4.79 Å². The van der Waals surface area contributed by atoms with E-state index in [1.807, 2.05) is 12.1 Å². The van der Waals surface area contributed by atoms with Crippen molar-refractivity contribution in [2.45, 2.75) is 63.8 Å². The maximum atomic E-state index is 13.0. The number of hydrogen-bond donors (Lipinski definition) is 2. The number of nitrogens with one attached hydrogen (secondary N) is 2. The largest absolute Gasteiger partial charge is 0.354 e. The van der Waals surface area contributed by atoms with Crippen LogP contribution in [0.2, 0.25) is 0 Å². The second kappa shape index (κ2) is 8.01. The van der Waals surface area contributed by atoms with E-state index >= 15 is 0 Å². The highest BCUT2D eigenvalue weighted by Gasteiger charge is 2.49. The Morgan fingerprint density at radius 1 is 1.14 bits per heavy atom. The van der Waals surface area contributed by atoms with Crippen LogP contribution in [0.25, 0.3) is 0 Å². The highest BCUT2D eigenvalue weighted by Crippen LogP contribution is 2.32. The summed E-state index contributed by atoms with van der Waals surface area (Å²) in [4.78, 5) is 38.9. The van der Waals surface area contributed by atoms with Crippen LogP contribution >= 0.6 is 0 Å². The van der Waals surface area contributed by atoms with E-state index in [1.54, 1.807) is 6.92 Å². The van der Waals surface area contributed by atoms with Crippen molar-refractivity contribution in [1.29, 1.82) is 0 Å². The zero-order valence-corrected chi connectivity index (χ0v) is 17.1. The van der Waals surface area contributed by atoms with Crippen LogP contribution in [0.3, 0.4) is 0 Å². The number of imide groups is 1. The Hall–Kier alpha value is -2.63. The van der Waals surface area contributed by atoms with Crippen LogP contribution in [0.4, 0.5) is 4.79 Å². The number of amides is 4. The summed E-state index contributed by atoms with van der Waals surface area (Å²) < 4.78 is 0. The minimum Gasteiger partial charge on any atom is -0.354 e. The lowest BCUT2D eigenvalue weighted by Gasteiger charge is -2.23. The Morgan fingerprint density at radius 2 is 1.97 bits per heavy atom. The molecule has 3 aliphatic rings. The van der Waals surface area contributed by atoms with Gasteiger partial charge in [-0.2, -0.15) is 0 Å². The Kier molecular flexibility index (Phi) is 5.43. The Labute approximate surface area is 171 Å². The summed E-state index contributed by atoms with van der Waals surface area (Å²) in [6.45, 7) is 2.01. The van der Waals surface area contributed by atoms with Crippen LogP contribution in [0.5, 0.6) is 0 Å². The molecular formula is C23H29N3O3. The highest BCUT2D eigenvalue weighted by atomic mass is 16.2. The number of hydrogen-bond acceptors (Lipinski definition) is 3. The maximum absolute atomic E-state index is 13.0. The monoisotopic (exact) mass is 395 g/mol. The van der Waals surface area contributed by atoms with Gasteiger partial charge in [-0.3, -0.25) is 14.5 Å². The number of rotatable bonds is 6. The summed E-state index contributed by atoms with van der Waals surface area (Å²) in [7, 11) is 0. The first-order chi connectivity index (χ1) is 14.0. The fourth-order valence-electron chi connectivity index (χ4n) is 4.61. The van der Waals surface area contributed by atoms with E-state index in [-0.39, 0.29) is 18.4 Å². The molecule has 6 heteroatoms. The smallest absolute Gasteiger partial charge is 0.325 e. The number of fused-ring (bicyclic) bond motifs is 1. The number of allylic oxidation sites excluding steroid dienone is 1. The van der Waals surface area contributed by atoms with Crippen molar-refractivity contribution in [3.63, 3.8) is 0 Å². The van der Waals surface area contributed by atoms with Crippen molar-refractivity contribution in [3.8, 4) is 0 Å². The van der Waals surface area contributed by atoms with Gasteiger partial charge in [0.2, 0.25) is 5.91 Å². The predicted octanol–water partition coefficient (Wildman–Crippen LogP) is 2.95. The first-order valence-electron chi connectivity index (χ1n) is 10.7. The molecule has 6 nitrogen and oxygen atoms in total. The SMILES string of the molecule is CC1(c2ccc3c(c2)CCC3)NC(=O)N(CC(=O)NCCC2=CCCCC2)C1=O. The molecule has 1 aromatic rings. The molecule has 1 unspecified atom stereocenters. The molecule has 29 heavy (non-hydrogen) atoms. The number of aryl methyl sites for hydroxylation is 2. The fraction of sp³-hybridized carbons (Fsp3) is 0.522. The Balaban J connectivity index is 1.37. The molecule has 2 aliphatic carbocycles. The van der Waals surface area contributed by atoms with Crippen molar-refractivity contribution < 1.29 is 14.4 Å². The van der Waals surface area contributed by atoms with Crippen molar-refractivity contribution >= 4 is 17.8 Å². The van der Waals surface area contributed by atoms with E-state index in [1.165, 1.54) is 29.5 Å². The third-order valence-corrected chi connectivity index (χ3v) is 6.41. The third kappa shape index (κ3) is 3.93. The lowest BCUT2D eigenvalue weighted by molar-refractivity contribution is -0.134. The standard InChI is InChI=1S/C23H29N3O3/c1-23(19-11-10-17-8-5-9-18(17)14-19)21(28)26(22(29)25-23)15-20(27)24-13-12-16-6-3-2-4-7-16/h6,10-11,14H,2-5,7-9,12-13,15H2,1H3,(H,24,27)(H,25,29). The number of carbonyl (C=O) groups excluding carboxylic acids is 3. The zero-order chi connectivity index (χ0) is 20.4. The lowest BCUT2D eigenvalue weighted by atomic mass is 9.89. The summed E-state index contributed by atoms with van der Waals surface area (Å²) >= 11 is 0. The Morgan fingerprint density at radius 3 is 2.76 bits per heavy atom. The molecule has 2 N–H and O–H groups in total. The third-order valence-electron chi connectivity index (χ3n) is 6.41. The van der Waals surface area contributed by atoms with Crippen LogP contribution in [0.15, 0.2) is 29.8 Å². The zero-order valence-electron chi connectivity index (χ0n) is 17.1. The molecule has 0 aromatic heterocycles. The van der Waals surface area contributed by atoms with Gasteiger partial charge in [0.05, 0.1) is 0 Å². The van der Waals surface area contributed by atoms with Gasteiger partial charge in [-0.05, 0) is 75.0 Å². The normalized spacial score (nSPS) is 23.6. The van der Waals surface area contributed by atoms with Crippen LogP contribution in [0.1, 0.15) is 62.1 Å². The quantitative estimate of drug-likeness (QED) is 0.574. The molecule has 4 amide bonds. The number of carbonyl (C=O) groups is 3. The van der Waals surface area contributed by atoms with Gasteiger partial charge in [0.1, 0.15) is 12.1 Å². The lowest BCUT2D eigenvalue weighted by Crippen LogP contribution is -2.43. The van der Waals surface area contributed by atoms with Crippen molar-refractivity contribution in [1.82, 2.24) is 15.5 Å². The summed E-state index contributed by atoms with van der Waals surface area (Å²) in [6, 6.07) is 5.49. The molecule has 1 aliphatic heterocycles. The summed E-state index contributed by atoms with van der Waals surface area (Å²) in [5.41, 5.74) is 3.61. The van der Waals surface area contributed by atoms with Crippen LogP contribution in [-0.2, 0) is 28.0 Å². The average molecular weight is 396 g/mol. The van der Waals surface area contributed by atoms with Gasteiger partial charge < -0.3 is 10.6 Å². The molecular weight excluding hydrogens is 366 g/mol. The molecule has 1 saturated heterocycles. The molecule has 0 radical (unpaired) electrons. The van der Waals surface area contributed by atoms with Gasteiger partial charge in [-0.1, -0.05) is 29.8 Å². The maximum Gasteiger partial charge on any atom is 0.325 e. The van der Waals surface area contributed by atoms with Gasteiger partial charge in [-0.15, -0.1) is 0 Å². The van der Waals surface area contributed by atoms with Crippen LogP contribution < -0.4 is 10.6 Å². The first kappa shape index (κ1) is 19.7. The minimum absolute atomic E-state index is 0.246. The molecule has 4 rings (SSSR count). The average Bonchev–Trinajstić information content (AvgIpc) is 3.27. The number of benzene rings is 1. The van der Waals surface area contributed by atoms with Crippen molar-refractivity contribution in [3.05, 3.63) is 46.5 Å². The summed E-state index contributed by atoms with van der Waals surface area (Å²) in [5, 5.41) is 5.64. The molecule has 0 bridgehead atoms. The Bertz CT molecular complexity index is 876.